The summed E-state index contributed by atoms with van der Waals surface area (Å²) in [7, 11) is 0. The summed E-state index contributed by atoms with van der Waals surface area (Å²) in [5.41, 5.74) is 2.83. The lowest BCUT2D eigenvalue weighted by molar-refractivity contribution is -0.123. The molecule has 0 fully saturated rings. The maximum atomic E-state index is 11.5. The van der Waals surface area contributed by atoms with E-state index in [2.05, 4.69) is 10.5 Å². The van der Waals surface area contributed by atoms with Crippen LogP contribution >= 0.6 is 0 Å². The Kier molecular flexibility index (Phi) is 4.76. The lowest BCUT2D eigenvalue weighted by atomic mass is 10.2. The second-order valence-corrected chi connectivity index (χ2v) is 4.14. The lowest BCUT2D eigenvalue weighted by Gasteiger charge is -2.04. The molecule has 0 saturated heterocycles. The molecule has 0 aromatic heterocycles. The van der Waals surface area contributed by atoms with E-state index >= 15 is 0 Å². The van der Waals surface area contributed by atoms with Gasteiger partial charge in [-0.15, -0.1) is 0 Å². The molecule has 2 aromatic carbocycles. The van der Waals surface area contributed by atoms with Crippen molar-refractivity contribution in [1.29, 1.82) is 0 Å². The van der Waals surface area contributed by atoms with Gasteiger partial charge in [-0.2, -0.15) is 5.10 Å². The molecular formula is C15H14N2O4. The summed E-state index contributed by atoms with van der Waals surface area (Å²) in [5.74, 6) is -0.275. The Morgan fingerprint density at radius 3 is 2.62 bits per heavy atom. The quantitative estimate of drug-likeness (QED) is 0.442. The standard InChI is InChI=1S/C15H14N2O4/c18-13-7-6-11(8-14(13)19)9-16-17-15(20)10-21-12-4-2-1-3-5-12/h1-9,18-19H,10H2,(H,17,20)/b16-9-. The number of nitrogens with zero attached hydrogens (tertiary/aromatic N) is 1. The maximum absolute atomic E-state index is 11.5. The van der Waals surface area contributed by atoms with E-state index in [4.69, 9.17) is 9.84 Å². The summed E-state index contributed by atoms with van der Waals surface area (Å²) in [5, 5.41) is 22.2. The van der Waals surface area contributed by atoms with Gasteiger partial charge in [-0.05, 0) is 35.9 Å². The fourth-order valence-corrected chi connectivity index (χ4v) is 1.50. The van der Waals surface area contributed by atoms with Gasteiger partial charge < -0.3 is 14.9 Å². The lowest BCUT2D eigenvalue weighted by Crippen LogP contribution is -2.24. The average molecular weight is 286 g/mol. The Labute approximate surface area is 121 Å². The zero-order valence-electron chi connectivity index (χ0n) is 11.1. The molecule has 0 bridgehead atoms. The van der Waals surface area contributed by atoms with Crippen LogP contribution in [0.25, 0.3) is 0 Å². The van der Waals surface area contributed by atoms with Gasteiger partial charge in [-0.1, -0.05) is 18.2 Å². The van der Waals surface area contributed by atoms with Crippen LogP contribution in [0.4, 0.5) is 0 Å². The van der Waals surface area contributed by atoms with Crippen LogP contribution in [0, 0.1) is 0 Å². The minimum absolute atomic E-state index is 0.151. The molecule has 0 aliphatic rings. The molecule has 0 spiro atoms. The van der Waals surface area contributed by atoms with Gasteiger partial charge in [0, 0.05) is 0 Å². The Hall–Kier alpha value is -3.02. The molecule has 2 rings (SSSR count). The summed E-state index contributed by atoms with van der Waals surface area (Å²) in [4.78, 5) is 11.5. The third-order valence-electron chi connectivity index (χ3n) is 2.52. The minimum Gasteiger partial charge on any atom is -0.504 e. The number of rotatable bonds is 5. The molecule has 2 aromatic rings. The number of phenolic OH excluding ortho intramolecular Hbond substituents is 2. The summed E-state index contributed by atoms with van der Waals surface area (Å²) in [6, 6.07) is 13.2. The first-order valence-electron chi connectivity index (χ1n) is 6.17. The van der Waals surface area contributed by atoms with Crippen molar-refractivity contribution in [3.8, 4) is 17.2 Å². The molecule has 0 unspecified atom stereocenters. The molecule has 0 heterocycles. The molecular weight excluding hydrogens is 272 g/mol. The van der Waals surface area contributed by atoms with E-state index in [-0.39, 0.29) is 18.1 Å². The molecule has 0 radical (unpaired) electrons. The van der Waals surface area contributed by atoms with Gasteiger partial charge in [-0.25, -0.2) is 5.43 Å². The van der Waals surface area contributed by atoms with Crippen molar-refractivity contribution < 1.29 is 19.7 Å². The van der Waals surface area contributed by atoms with Crippen LogP contribution in [0.5, 0.6) is 17.2 Å². The molecule has 1 amide bonds. The van der Waals surface area contributed by atoms with Crippen molar-refractivity contribution >= 4 is 12.1 Å². The zero-order valence-corrected chi connectivity index (χ0v) is 11.1. The van der Waals surface area contributed by atoms with Gasteiger partial charge in [0.1, 0.15) is 5.75 Å². The third-order valence-corrected chi connectivity index (χ3v) is 2.52. The highest BCUT2D eigenvalue weighted by atomic mass is 16.5. The number of nitrogens with one attached hydrogen (secondary N) is 1. The zero-order chi connectivity index (χ0) is 15.1. The first kappa shape index (κ1) is 14.4. The van der Waals surface area contributed by atoms with Gasteiger partial charge in [0.2, 0.25) is 0 Å². The van der Waals surface area contributed by atoms with E-state index in [0.717, 1.165) is 0 Å². The van der Waals surface area contributed by atoms with E-state index < -0.39 is 5.91 Å². The van der Waals surface area contributed by atoms with E-state index in [1.165, 1.54) is 18.3 Å². The van der Waals surface area contributed by atoms with Crippen LogP contribution < -0.4 is 10.2 Å². The fourth-order valence-electron chi connectivity index (χ4n) is 1.50. The van der Waals surface area contributed by atoms with Crippen molar-refractivity contribution in [1.82, 2.24) is 5.43 Å². The van der Waals surface area contributed by atoms with Gasteiger partial charge in [0.15, 0.2) is 18.1 Å². The Morgan fingerprint density at radius 1 is 1.14 bits per heavy atom. The number of ether oxygens (including phenoxy) is 1. The number of hydrogen-bond donors (Lipinski definition) is 3. The second-order valence-electron chi connectivity index (χ2n) is 4.14. The van der Waals surface area contributed by atoms with E-state index in [9.17, 15) is 9.90 Å². The molecule has 0 aliphatic carbocycles. The predicted octanol–water partition coefficient (Wildman–Crippen LogP) is 1.63. The van der Waals surface area contributed by atoms with Gasteiger partial charge in [-0.3, -0.25) is 4.79 Å². The maximum Gasteiger partial charge on any atom is 0.277 e. The van der Waals surface area contributed by atoms with Crippen LogP contribution in [-0.4, -0.2) is 28.9 Å². The molecule has 108 valence electrons. The number of para-hydroxylation sites is 1. The molecule has 0 atom stereocenters. The highest BCUT2D eigenvalue weighted by Gasteiger charge is 2.01. The predicted molar refractivity (Wildman–Crippen MR) is 77.4 cm³/mol. The third kappa shape index (κ3) is 4.54. The highest BCUT2D eigenvalue weighted by molar-refractivity contribution is 5.83. The first-order valence-corrected chi connectivity index (χ1v) is 6.17. The van der Waals surface area contributed by atoms with Crippen molar-refractivity contribution in [2.75, 3.05) is 6.61 Å². The van der Waals surface area contributed by atoms with Gasteiger partial charge in [0.25, 0.3) is 5.91 Å². The molecule has 6 heteroatoms. The Bertz CT molecular complexity index is 641. The van der Waals surface area contributed by atoms with Crippen LogP contribution in [-0.2, 0) is 4.79 Å². The highest BCUT2D eigenvalue weighted by Crippen LogP contribution is 2.23. The van der Waals surface area contributed by atoms with Crippen LogP contribution in [0.15, 0.2) is 53.6 Å². The first-order chi connectivity index (χ1) is 10.1. The average Bonchev–Trinajstić information content (AvgIpc) is 2.50. The summed E-state index contributed by atoms with van der Waals surface area (Å²) >= 11 is 0. The molecule has 21 heavy (non-hydrogen) atoms. The number of aromatic hydroxyl groups is 2. The normalized spacial score (nSPS) is 10.5. The monoisotopic (exact) mass is 286 g/mol. The largest absolute Gasteiger partial charge is 0.504 e. The summed E-state index contributed by atoms with van der Waals surface area (Å²) < 4.78 is 5.25. The second kappa shape index (κ2) is 6.95. The van der Waals surface area contributed by atoms with Crippen LogP contribution in [0.3, 0.4) is 0 Å². The van der Waals surface area contributed by atoms with E-state index in [1.54, 1.807) is 18.2 Å². The Morgan fingerprint density at radius 2 is 1.90 bits per heavy atom. The fraction of sp³-hybridized carbons (Fsp3) is 0.0667. The molecule has 0 saturated carbocycles. The number of hydrazone groups is 1. The van der Waals surface area contributed by atoms with Crippen molar-refractivity contribution in [3.05, 3.63) is 54.1 Å². The van der Waals surface area contributed by atoms with E-state index in [1.807, 2.05) is 18.2 Å². The molecule has 3 N–H and O–H groups in total. The number of benzene rings is 2. The molecule has 0 aliphatic heterocycles. The number of hydrogen-bond acceptors (Lipinski definition) is 5. The van der Waals surface area contributed by atoms with Gasteiger partial charge >= 0.3 is 0 Å². The van der Waals surface area contributed by atoms with Crippen molar-refractivity contribution in [2.45, 2.75) is 0 Å². The number of phenols is 2. The summed E-state index contributed by atoms with van der Waals surface area (Å²) in [6.45, 7) is -0.151. The number of amides is 1. The Balaban J connectivity index is 1.80. The van der Waals surface area contributed by atoms with Crippen molar-refractivity contribution in [2.24, 2.45) is 5.10 Å². The topological polar surface area (TPSA) is 91.2 Å². The van der Waals surface area contributed by atoms with E-state index in [0.29, 0.717) is 11.3 Å². The van der Waals surface area contributed by atoms with Crippen LogP contribution in [0.1, 0.15) is 5.56 Å². The van der Waals surface area contributed by atoms with Crippen molar-refractivity contribution in [3.63, 3.8) is 0 Å². The smallest absolute Gasteiger partial charge is 0.277 e. The number of carbonyl (C=O) groups excluding carboxylic acids is 1. The molecule has 6 nitrogen and oxygen atoms in total. The van der Waals surface area contributed by atoms with Gasteiger partial charge in [0.05, 0.1) is 6.21 Å². The van der Waals surface area contributed by atoms with Crippen LogP contribution in [0.2, 0.25) is 0 Å². The minimum atomic E-state index is -0.405. The number of carbonyl (C=O) groups is 1. The summed E-state index contributed by atoms with van der Waals surface area (Å²) in [6.07, 6.45) is 1.35. The SMILES string of the molecule is O=C(COc1ccccc1)N/N=C\c1ccc(O)c(O)c1.